The Morgan fingerprint density at radius 1 is 1.22 bits per heavy atom. The van der Waals surface area contributed by atoms with Crippen molar-refractivity contribution in [2.24, 2.45) is 0 Å². The zero-order chi connectivity index (χ0) is 16.4. The van der Waals surface area contributed by atoms with Crippen LogP contribution >= 0.6 is 23.5 Å². The molecule has 0 amide bonds. The number of esters is 1. The molecule has 0 radical (unpaired) electrons. The van der Waals surface area contributed by atoms with E-state index in [2.05, 4.69) is 28.7 Å². The summed E-state index contributed by atoms with van der Waals surface area (Å²) in [5.74, 6) is 1.04. The highest BCUT2D eigenvalue weighted by molar-refractivity contribution is 8.00. The molecule has 1 rings (SSSR count). The van der Waals surface area contributed by atoms with Crippen LogP contribution in [0.1, 0.15) is 26.5 Å². The smallest absolute Gasteiger partial charge is 0.316 e. The lowest BCUT2D eigenvalue weighted by molar-refractivity contribution is -0.139. The van der Waals surface area contributed by atoms with E-state index in [1.165, 1.54) is 11.8 Å². The molecule has 0 bridgehead atoms. The monoisotopic (exact) mass is 378 g/mol. The van der Waals surface area contributed by atoms with Crippen LogP contribution in [0.2, 0.25) is 0 Å². The lowest BCUT2D eigenvalue weighted by atomic mass is 10.5. The Morgan fingerprint density at radius 2 is 1.91 bits per heavy atom. The van der Waals surface area contributed by atoms with E-state index in [1.54, 1.807) is 11.8 Å². The molecule has 0 saturated heterocycles. The maximum atomic E-state index is 11.4. The van der Waals surface area contributed by atoms with Crippen molar-refractivity contribution in [3.05, 3.63) is 11.8 Å². The van der Waals surface area contributed by atoms with E-state index >= 15 is 0 Å². The molecule has 0 aromatic carbocycles. The Morgan fingerprint density at radius 3 is 2.52 bits per heavy atom. The lowest BCUT2D eigenvalue weighted by Crippen LogP contribution is -3.00. The van der Waals surface area contributed by atoms with Crippen molar-refractivity contribution in [3.63, 3.8) is 0 Å². The van der Waals surface area contributed by atoms with Gasteiger partial charge >= 0.3 is 5.97 Å². The number of carbonyl (C=O) groups is 1. The summed E-state index contributed by atoms with van der Waals surface area (Å²) in [6, 6.07) is 1.90. The van der Waals surface area contributed by atoms with Crippen molar-refractivity contribution in [3.8, 4) is 0 Å². The molecule has 0 aliphatic rings. The standard InChI is InChI=1S/C15H25N3O2S2.ClH/c1-5-18(6-2)8-9-21-15-16-12(4)10-13(17-15)22-11-14(19)20-7-3;/h10H,5-9,11H2,1-4H3;1H/p-1. The predicted octanol–water partition coefficient (Wildman–Crippen LogP) is -0.122. The number of aryl methyl sites for hydroxylation is 1. The summed E-state index contributed by atoms with van der Waals surface area (Å²) < 4.78 is 4.93. The van der Waals surface area contributed by atoms with Crippen LogP contribution in [0.15, 0.2) is 16.2 Å². The van der Waals surface area contributed by atoms with Crippen molar-refractivity contribution in [1.29, 1.82) is 0 Å². The predicted molar refractivity (Wildman–Crippen MR) is 92.6 cm³/mol. The van der Waals surface area contributed by atoms with Gasteiger partial charge in [-0.15, -0.1) is 0 Å². The fourth-order valence-electron chi connectivity index (χ4n) is 1.79. The fraction of sp³-hybridized carbons (Fsp3) is 0.667. The third kappa shape index (κ3) is 9.39. The Balaban J connectivity index is 0.00000484. The Labute approximate surface area is 153 Å². The highest BCUT2D eigenvalue weighted by atomic mass is 35.5. The van der Waals surface area contributed by atoms with Crippen LogP contribution in [0.4, 0.5) is 0 Å². The fourth-order valence-corrected chi connectivity index (χ4v) is 3.51. The molecule has 1 aromatic rings. The number of thioether (sulfide) groups is 2. The molecule has 5 nitrogen and oxygen atoms in total. The van der Waals surface area contributed by atoms with Crippen molar-refractivity contribution in [2.75, 3.05) is 37.7 Å². The second kappa shape index (κ2) is 12.9. The number of ether oxygens (including phenoxy) is 1. The highest BCUT2D eigenvalue weighted by Crippen LogP contribution is 2.21. The van der Waals surface area contributed by atoms with Gasteiger partial charge < -0.3 is 22.0 Å². The van der Waals surface area contributed by atoms with Crippen LogP contribution in [-0.2, 0) is 9.53 Å². The molecule has 0 spiro atoms. The molecule has 0 atom stereocenters. The summed E-state index contributed by atoms with van der Waals surface area (Å²) in [7, 11) is 0. The third-order valence-corrected chi connectivity index (χ3v) is 4.70. The molecule has 132 valence electrons. The number of rotatable bonds is 10. The first-order chi connectivity index (χ1) is 10.6. The van der Waals surface area contributed by atoms with Crippen LogP contribution in [0.25, 0.3) is 0 Å². The van der Waals surface area contributed by atoms with E-state index in [9.17, 15) is 4.79 Å². The van der Waals surface area contributed by atoms with Crippen LogP contribution in [-0.4, -0.2) is 58.6 Å². The van der Waals surface area contributed by atoms with Crippen molar-refractivity contribution in [1.82, 2.24) is 14.9 Å². The van der Waals surface area contributed by atoms with E-state index in [0.717, 1.165) is 41.3 Å². The SMILES string of the molecule is CCOC(=O)CSc1cc(C)nc(SCCN(CC)CC)n1.[Cl-]. The molecular formula is C15H25ClN3O2S2-. The molecule has 1 aromatic heterocycles. The maximum Gasteiger partial charge on any atom is 0.316 e. The van der Waals surface area contributed by atoms with Gasteiger partial charge in [0.15, 0.2) is 5.16 Å². The average molecular weight is 379 g/mol. The number of halogens is 1. The van der Waals surface area contributed by atoms with Gasteiger partial charge in [0.05, 0.1) is 12.4 Å². The molecule has 0 aliphatic heterocycles. The number of aromatic nitrogens is 2. The molecular weight excluding hydrogens is 354 g/mol. The van der Waals surface area contributed by atoms with Crippen LogP contribution in [0, 0.1) is 6.92 Å². The van der Waals surface area contributed by atoms with Gasteiger partial charge in [0.25, 0.3) is 0 Å². The van der Waals surface area contributed by atoms with Crippen LogP contribution in [0.5, 0.6) is 0 Å². The van der Waals surface area contributed by atoms with Gasteiger partial charge in [-0.1, -0.05) is 37.4 Å². The van der Waals surface area contributed by atoms with Crippen molar-refractivity contribution >= 4 is 29.5 Å². The zero-order valence-corrected chi connectivity index (χ0v) is 16.6. The van der Waals surface area contributed by atoms with Crippen LogP contribution in [0.3, 0.4) is 0 Å². The summed E-state index contributed by atoms with van der Waals surface area (Å²) in [5, 5.41) is 1.60. The van der Waals surface area contributed by atoms with Gasteiger partial charge in [0.2, 0.25) is 0 Å². The number of carbonyl (C=O) groups excluding carboxylic acids is 1. The molecule has 0 unspecified atom stereocenters. The van der Waals surface area contributed by atoms with Crippen molar-refractivity contribution in [2.45, 2.75) is 37.9 Å². The van der Waals surface area contributed by atoms with E-state index in [4.69, 9.17) is 4.74 Å². The molecule has 8 heteroatoms. The number of hydrogen-bond acceptors (Lipinski definition) is 7. The Kier molecular flexibility index (Phi) is 12.6. The quantitative estimate of drug-likeness (QED) is 0.243. The number of nitrogens with zero attached hydrogens (tertiary/aromatic N) is 3. The molecule has 0 fully saturated rings. The number of hydrogen-bond donors (Lipinski definition) is 0. The average Bonchev–Trinajstić information content (AvgIpc) is 2.49. The molecule has 0 aliphatic carbocycles. The molecule has 0 saturated carbocycles. The van der Waals surface area contributed by atoms with Gasteiger partial charge in [-0.05, 0) is 33.0 Å². The third-order valence-electron chi connectivity index (χ3n) is 2.99. The second-order valence-corrected chi connectivity index (χ2v) is 6.66. The summed E-state index contributed by atoms with van der Waals surface area (Å²) in [5.41, 5.74) is 0.923. The van der Waals surface area contributed by atoms with Gasteiger partial charge in [-0.2, -0.15) is 0 Å². The summed E-state index contributed by atoms with van der Waals surface area (Å²) in [6.45, 7) is 11.7. The minimum absolute atomic E-state index is 0. The topological polar surface area (TPSA) is 55.3 Å². The molecule has 0 N–H and O–H groups in total. The highest BCUT2D eigenvalue weighted by Gasteiger charge is 2.08. The molecule has 23 heavy (non-hydrogen) atoms. The first kappa shape index (κ1) is 22.5. The summed E-state index contributed by atoms with van der Waals surface area (Å²) >= 11 is 3.06. The van der Waals surface area contributed by atoms with E-state index in [0.29, 0.717) is 6.61 Å². The first-order valence-electron chi connectivity index (χ1n) is 7.58. The summed E-state index contributed by atoms with van der Waals surface area (Å²) in [6.07, 6.45) is 0. The maximum absolute atomic E-state index is 11.4. The van der Waals surface area contributed by atoms with E-state index in [1.807, 2.05) is 19.9 Å². The van der Waals surface area contributed by atoms with E-state index in [-0.39, 0.29) is 24.1 Å². The molecule has 1 heterocycles. The van der Waals surface area contributed by atoms with Gasteiger partial charge in [-0.3, -0.25) is 4.79 Å². The summed E-state index contributed by atoms with van der Waals surface area (Å²) in [4.78, 5) is 22.7. The van der Waals surface area contributed by atoms with Gasteiger partial charge in [-0.25, -0.2) is 9.97 Å². The van der Waals surface area contributed by atoms with Gasteiger partial charge in [0.1, 0.15) is 5.03 Å². The normalized spacial score (nSPS) is 10.5. The lowest BCUT2D eigenvalue weighted by Gasteiger charge is -2.17. The van der Waals surface area contributed by atoms with Crippen LogP contribution < -0.4 is 12.4 Å². The first-order valence-corrected chi connectivity index (χ1v) is 9.55. The Bertz CT molecular complexity index is 474. The minimum Gasteiger partial charge on any atom is -1.00 e. The minimum atomic E-state index is -0.209. The zero-order valence-electron chi connectivity index (χ0n) is 14.2. The van der Waals surface area contributed by atoms with Crippen molar-refractivity contribution < 1.29 is 21.9 Å². The van der Waals surface area contributed by atoms with E-state index < -0.39 is 0 Å². The van der Waals surface area contributed by atoms with Gasteiger partial charge in [0, 0.05) is 18.0 Å². The second-order valence-electron chi connectivity index (χ2n) is 4.60. The Hall–Kier alpha value is -0.500. The largest absolute Gasteiger partial charge is 1.00 e.